The topological polar surface area (TPSA) is 84.0 Å². The molecule has 4 rings (SSSR count). The van der Waals surface area contributed by atoms with Crippen molar-refractivity contribution in [3.05, 3.63) is 106 Å². The number of hydrogen-bond donors (Lipinski definition) is 2. The van der Waals surface area contributed by atoms with Crippen LogP contribution in [0.25, 0.3) is 0 Å². The molecule has 0 fully saturated rings. The molecule has 0 bridgehead atoms. The molecule has 0 aliphatic carbocycles. The zero-order valence-electron chi connectivity index (χ0n) is 18.2. The van der Waals surface area contributed by atoms with Crippen molar-refractivity contribution in [1.29, 1.82) is 0 Å². The average molecular weight is 457 g/mol. The van der Waals surface area contributed by atoms with Gasteiger partial charge in [0.15, 0.2) is 0 Å². The Morgan fingerprint density at radius 2 is 1.48 bits per heavy atom. The molecule has 166 valence electrons. The van der Waals surface area contributed by atoms with Gasteiger partial charge in [0.2, 0.25) is 5.13 Å². The van der Waals surface area contributed by atoms with Gasteiger partial charge in [0.25, 0.3) is 11.8 Å². The minimum Gasteiger partial charge on any atom is -0.322 e. The Balaban J connectivity index is 1.35. The van der Waals surface area contributed by atoms with Gasteiger partial charge in [-0.15, -0.1) is 10.2 Å². The first-order valence-electron chi connectivity index (χ1n) is 10.7. The summed E-state index contributed by atoms with van der Waals surface area (Å²) in [7, 11) is 0. The van der Waals surface area contributed by atoms with E-state index in [9.17, 15) is 9.59 Å². The maximum Gasteiger partial charge on any atom is 0.257 e. The van der Waals surface area contributed by atoms with Crippen molar-refractivity contribution in [2.24, 2.45) is 0 Å². The van der Waals surface area contributed by atoms with Crippen LogP contribution in [-0.4, -0.2) is 22.0 Å². The Morgan fingerprint density at radius 1 is 0.788 bits per heavy atom. The number of anilines is 2. The van der Waals surface area contributed by atoms with Crippen molar-refractivity contribution in [3.63, 3.8) is 0 Å². The summed E-state index contributed by atoms with van der Waals surface area (Å²) in [4.78, 5) is 25.2. The van der Waals surface area contributed by atoms with Gasteiger partial charge >= 0.3 is 0 Å². The molecule has 1 aromatic heterocycles. The molecule has 0 unspecified atom stereocenters. The van der Waals surface area contributed by atoms with Crippen molar-refractivity contribution in [1.82, 2.24) is 10.2 Å². The fraction of sp³-hybridized carbons (Fsp3) is 0.154. The molecule has 2 N–H and O–H groups in total. The summed E-state index contributed by atoms with van der Waals surface area (Å²) in [6.45, 7) is 1.88. The summed E-state index contributed by atoms with van der Waals surface area (Å²) in [6, 6.07) is 24.5. The van der Waals surface area contributed by atoms with E-state index in [4.69, 9.17) is 0 Å². The first kappa shape index (κ1) is 22.4. The Labute approximate surface area is 196 Å². The van der Waals surface area contributed by atoms with Crippen molar-refractivity contribution < 1.29 is 9.59 Å². The van der Waals surface area contributed by atoms with Gasteiger partial charge < -0.3 is 5.32 Å². The van der Waals surface area contributed by atoms with Crippen LogP contribution in [0.2, 0.25) is 0 Å². The number of carbonyl (C=O) groups excluding carboxylic acids is 2. The second kappa shape index (κ2) is 10.7. The summed E-state index contributed by atoms with van der Waals surface area (Å²) in [6.07, 6.45) is 2.75. The minimum atomic E-state index is -0.294. The highest BCUT2D eigenvalue weighted by Gasteiger charge is 2.14. The number of hydrogen-bond acceptors (Lipinski definition) is 5. The van der Waals surface area contributed by atoms with E-state index in [1.54, 1.807) is 24.3 Å². The molecule has 7 heteroatoms. The van der Waals surface area contributed by atoms with Crippen LogP contribution in [0.3, 0.4) is 0 Å². The summed E-state index contributed by atoms with van der Waals surface area (Å²) in [5.41, 5.74) is 3.75. The fourth-order valence-corrected chi connectivity index (χ4v) is 4.12. The molecule has 2 amide bonds. The van der Waals surface area contributed by atoms with Crippen LogP contribution >= 0.6 is 11.3 Å². The third-order valence-electron chi connectivity index (χ3n) is 5.17. The van der Waals surface area contributed by atoms with E-state index >= 15 is 0 Å². The fourth-order valence-electron chi connectivity index (χ4n) is 3.34. The molecule has 0 aliphatic rings. The highest BCUT2D eigenvalue weighted by atomic mass is 32.1. The van der Waals surface area contributed by atoms with E-state index in [0.717, 1.165) is 29.8 Å². The van der Waals surface area contributed by atoms with Crippen molar-refractivity contribution in [2.75, 3.05) is 10.6 Å². The quantitative estimate of drug-likeness (QED) is 0.365. The highest BCUT2D eigenvalue weighted by molar-refractivity contribution is 7.15. The second-order valence-corrected chi connectivity index (χ2v) is 8.71. The zero-order chi connectivity index (χ0) is 23.0. The molecule has 0 aliphatic heterocycles. The SMILES string of the molecule is Cc1ccc(C(=O)Nc2nnc(CCCc3ccccc3)s2)cc1NC(=O)c1ccccc1. The van der Waals surface area contributed by atoms with Gasteiger partial charge in [0, 0.05) is 23.2 Å². The van der Waals surface area contributed by atoms with Crippen molar-refractivity contribution in [3.8, 4) is 0 Å². The molecule has 6 nitrogen and oxygen atoms in total. The second-order valence-electron chi connectivity index (χ2n) is 7.64. The molecular formula is C26H24N4O2S. The first-order valence-corrected chi connectivity index (χ1v) is 11.5. The summed E-state index contributed by atoms with van der Waals surface area (Å²) in [5, 5.41) is 15.3. The number of aromatic nitrogens is 2. The third kappa shape index (κ3) is 6.11. The van der Waals surface area contributed by atoms with E-state index in [-0.39, 0.29) is 11.8 Å². The molecule has 1 heterocycles. The molecule has 33 heavy (non-hydrogen) atoms. The van der Waals surface area contributed by atoms with Crippen molar-refractivity contribution in [2.45, 2.75) is 26.2 Å². The zero-order valence-corrected chi connectivity index (χ0v) is 19.1. The van der Waals surface area contributed by atoms with Gasteiger partial charge in [-0.1, -0.05) is 65.9 Å². The Kier molecular flexibility index (Phi) is 7.22. The van der Waals surface area contributed by atoms with E-state index in [1.165, 1.54) is 16.9 Å². The average Bonchev–Trinajstić information content (AvgIpc) is 3.28. The number of nitrogens with zero attached hydrogens (tertiary/aromatic N) is 2. The Bertz CT molecular complexity index is 1240. The maximum atomic E-state index is 12.8. The van der Waals surface area contributed by atoms with E-state index in [2.05, 4.69) is 33.0 Å². The van der Waals surface area contributed by atoms with Crippen molar-refractivity contribution >= 4 is 34.0 Å². The standard InChI is InChI=1S/C26H24N4O2S/c1-18-15-16-21(17-22(18)27-24(31)20-12-6-3-7-13-20)25(32)28-26-30-29-23(33-26)14-8-11-19-9-4-2-5-10-19/h2-7,9-10,12-13,15-17H,8,11,14H2,1H3,(H,27,31)(H,28,30,32). The predicted molar refractivity (Wildman–Crippen MR) is 132 cm³/mol. The number of amides is 2. The lowest BCUT2D eigenvalue weighted by Gasteiger charge is -2.10. The normalized spacial score (nSPS) is 10.6. The first-order chi connectivity index (χ1) is 16.1. The number of benzene rings is 3. The van der Waals surface area contributed by atoms with Gasteiger partial charge in [-0.05, 0) is 55.2 Å². The molecule has 0 saturated heterocycles. The molecular weight excluding hydrogens is 432 g/mol. The van der Waals surface area contributed by atoms with E-state index in [1.807, 2.05) is 49.4 Å². The lowest BCUT2D eigenvalue weighted by atomic mass is 10.1. The maximum absolute atomic E-state index is 12.8. The van der Waals surface area contributed by atoms with Gasteiger partial charge in [-0.2, -0.15) is 0 Å². The number of aryl methyl sites for hydroxylation is 3. The van der Waals surface area contributed by atoms with Crippen LogP contribution in [0.4, 0.5) is 10.8 Å². The largest absolute Gasteiger partial charge is 0.322 e. The Morgan fingerprint density at radius 3 is 2.24 bits per heavy atom. The molecule has 0 radical (unpaired) electrons. The van der Waals surface area contributed by atoms with Crippen LogP contribution in [0.15, 0.2) is 78.9 Å². The summed E-state index contributed by atoms with van der Waals surface area (Å²) in [5.74, 6) is -0.516. The van der Waals surface area contributed by atoms with Gasteiger partial charge in [-0.3, -0.25) is 14.9 Å². The van der Waals surface area contributed by atoms with Crippen LogP contribution in [0.1, 0.15) is 43.3 Å². The number of nitrogens with one attached hydrogen (secondary N) is 2. The van der Waals surface area contributed by atoms with Gasteiger partial charge in [0.1, 0.15) is 5.01 Å². The van der Waals surface area contributed by atoms with Crippen LogP contribution in [0, 0.1) is 6.92 Å². The molecule has 4 aromatic rings. The lowest BCUT2D eigenvalue weighted by Crippen LogP contribution is -2.15. The van der Waals surface area contributed by atoms with E-state index in [0.29, 0.717) is 21.9 Å². The summed E-state index contributed by atoms with van der Waals surface area (Å²) >= 11 is 1.38. The summed E-state index contributed by atoms with van der Waals surface area (Å²) < 4.78 is 0. The van der Waals surface area contributed by atoms with Crippen LogP contribution in [0.5, 0.6) is 0 Å². The lowest BCUT2D eigenvalue weighted by molar-refractivity contribution is 0.101. The minimum absolute atomic E-state index is 0.222. The number of carbonyl (C=O) groups is 2. The molecule has 0 atom stereocenters. The van der Waals surface area contributed by atoms with E-state index < -0.39 is 0 Å². The Hall–Kier alpha value is -3.84. The van der Waals surface area contributed by atoms with Crippen LogP contribution < -0.4 is 10.6 Å². The molecule has 3 aromatic carbocycles. The predicted octanol–water partition coefficient (Wildman–Crippen LogP) is 5.53. The van der Waals surface area contributed by atoms with Gasteiger partial charge in [-0.25, -0.2) is 0 Å². The number of rotatable bonds is 8. The molecule has 0 spiro atoms. The van der Waals surface area contributed by atoms with Crippen LogP contribution in [-0.2, 0) is 12.8 Å². The highest BCUT2D eigenvalue weighted by Crippen LogP contribution is 2.21. The third-order valence-corrected chi connectivity index (χ3v) is 6.07. The molecule has 0 saturated carbocycles. The monoisotopic (exact) mass is 456 g/mol. The smallest absolute Gasteiger partial charge is 0.257 e. The van der Waals surface area contributed by atoms with Gasteiger partial charge in [0.05, 0.1) is 0 Å².